The van der Waals surface area contributed by atoms with E-state index in [1.165, 1.54) is 17.7 Å². The van der Waals surface area contributed by atoms with E-state index in [1.807, 2.05) is 0 Å². The third kappa shape index (κ3) is 5.76. The number of H-pyrrole nitrogens is 1. The summed E-state index contributed by atoms with van der Waals surface area (Å²) in [6, 6.07) is 0. The van der Waals surface area contributed by atoms with Crippen molar-refractivity contribution in [1.82, 2.24) is 14.9 Å². The Labute approximate surface area is 170 Å². The summed E-state index contributed by atoms with van der Waals surface area (Å²) in [6.07, 6.45) is -1.61. The SMILES string of the molecule is CNCCn1cc([C@H]2O[C@@H](COC(C)=O)[C@H](CC(=O)O)[C@@H]2CC(=O)O)c(=O)[nH]c1=O. The molecule has 0 aliphatic carbocycles. The van der Waals surface area contributed by atoms with Crippen LogP contribution in [0.4, 0.5) is 0 Å². The predicted octanol–water partition coefficient (Wildman–Crippen LogP) is -1.06. The molecule has 12 nitrogen and oxygen atoms in total. The van der Waals surface area contributed by atoms with Gasteiger partial charge in [0.05, 0.1) is 30.6 Å². The molecule has 4 N–H and O–H groups in total. The number of carbonyl (C=O) groups excluding carboxylic acids is 1. The molecule has 0 saturated carbocycles. The summed E-state index contributed by atoms with van der Waals surface area (Å²) in [5.74, 6) is -4.68. The minimum atomic E-state index is -1.20. The van der Waals surface area contributed by atoms with E-state index in [9.17, 15) is 34.2 Å². The Balaban J connectivity index is 2.48. The molecule has 12 heteroatoms. The molecule has 1 saturated heterocycles. The van der Waals surface area contributed by atoms with E-state index in [0.29, 0.717) is 6.54 Å². The van der Waals surface area contributed by atoms with Crippen LogP contribution in [0.5, 0.6) is 0 Å². The third-order valence-electron chi connectivity index (χ3n) is 4.96. The van der Waals surface area contributed by atoms with E-state index in [0.717, 1.165) is 0 Å². The highest BCUT2D eigenvalue weighted by Crippen LogP contribution is 2.45. The molecule has 2 heterocycles. The minimum Gasteiger partial charge on any atom is -0.481 e. The van der Waals surface area contributed by atoms with Gasteiger partial charge >= 0.3 is 23.6 Å². The van der Waals surface area contributed by atoms with Gasteiger partial charge < -0.3 is 25.0 Å². The molecule has 166 valence electrons. The molecular formula is C18H25N3O9. The normalized spacial score (nSPS) is 23.3. The second kappa shape index (κ2) is 10.2. The van der Waals surface area contributed by atoms with Gasteiger partial charge in [0, 0.05) is 38.0 Å². The highest BCUT2D eigenvalue weighted by molar-refractivity contribution is 5.69. The van der Waals surface area contributed by atoms with Gasteiger partial charge in [-0.1, -0.05) is 0 Å². The zero-order valence-corrected chi connectivity index (χ0v) is 16.6. The Hall–Kier alpha value is -2.99. The monoisotopic (exact) mass is 427 g/mol. The Morgan fingerprint density at radius 1 is 1.20 bits per heavy atom. The van der Waals surface area contributed by atoms with Crippen LogP contribution < -0.4 is 16.6 Å². The number of carbonyl (C=O) groups is 3. The molecule has 0 aromatic carbocycles. The Kier molecular flexibility index (Phi) is 7.89. The molecule has 30 heavy (non-hydrogen) atoms. The van der Waals surface area contributed by atoms with Gasteiger partial charge in [0.25, 0.3) is 5.56 Å². The molecule has 0 amide bonds. The Bertz CT molecular complexity index is 907. The molecular weight excluding hydrogens is 402 g/mol. The lowest BCUT2D eigenvalue weighted by molar-refractivity contribution is -0.146. The number of aromatic amines is 1. The molecule has 0 unspecified atom stereocenters. The fourth-order valence-corrected chi connectivity index (χ4v) is 3.63. The zero-order valence-electron chi connectivity index (χ0n) is 16.6. The van der Waals surface area contributed by atoms with Gasteiger partial charge in [0.1, 0.15) is 6.61 Å². The zero-order chi connectivity index (χ0) is 22.4. The number of rotatable bonds is 10. The van der Waals surface area contributed by atoms with Crippen molar-refractivity contribution in [1.29, 1.82) is 0 Å². The van der Waals surface area contributed by atoms with Crippen LogP contribution in [0.3, 0.4) is 0 Å². The number of aliphatic carboxylic acids is 2. The first kappa shape index (κ1) is 23.3. The number of aromatic nitrogens is 2. The lowest BCUT2D eigenvalue weighted by Crippen LogP contribution is -2.35. The molecule has 0 spiro atoms. The molecule has 0 bridgehead atoms. The van der Waals surface area contributed by atoms with Crippen LogP contribution in [0.15, 0.2) is 15.8 Å². The second-order valence-electron chi connectivity index (χ2n) is 7.06. The first-order valence-corrected chi connectivity index (χ1v) is 9.34. The van der Waals surface area contributed by atoms with E-state index in [4.69, 9.17) is 9.47 Å². The maximum atomic E-state index is 12.5. The summed E-state index contributed by atoms with van der Waals surface area (Å²) in [4.78, 5) is 60.7. The van der Waals surface area contributed by atoms with Crippen LogP contribution in [0.25, 0.3) is 0 Å². The van der Waals surface area contributed by atoms with E-state index in [2.05, 4.69) is 10.3 Å². The van der Waals surface area contributed by atoms with Crippen molar-refractivity contribution in [3.05, 3.63) is 32.6 Å². The third-order valence-corrected chi connectivity index (χ3v) is 4.96. The Morgan fingerprint density at radius 3 is 2.40 bits per heavy atom. The van der Waals surface area contributed by atoms with Gasteiger partial charge in [-0.3, -0.25) is 28.7 Å². The van der Waals surface area contributed by atoms with Crippen molar-refractivity contribution in [3.63, 3.8) is 0 Å². The number of hydrogen-bond donors (Lipinski definition) is 4. The van der Waals surface area contributed by atoms with E-state index in [-0.39, 0.29) is 18.7 Å². The number of nitrogens with zero attached hydrogens (tertiary/aromatic N) is 1. The predicted molar refractivity (Wildman–Crippen MR) is 101 cm³/mol. The van der Waals surface area contributed by atoms with Crippen LogP contribution in [0, 0.1) is 11.8 Å². The average molecular weight is 427 g/mol. The van der Waals surface area contributed by atoms with E-state index >= 15 is 0 Å². The van der Waals surface area contributed by atoms with Crippen molar-refractivity contribution in [2.75, 3.05) is 20.2 Å². The van der Waals surface area contributed by atoms with Crippen molar-refractivity contribution in [3.8, 4) is 0 Å². The van der Waals surface area contributed by atoms with Gasteiger partial charge in [0.2, 0.25) is 0 Å². The summed E-state index contributed by atoms with van der Waals surface area (Å²) in [6.45, 7) is 1.57. The van der Waals surface area contributed by atoms with Gasteiger partial charge in [0.15, 0.2) is 0 Å². The highest BCUT2D eigenvalue weighted by atomic mass is 16.6. The number of hydrogen-bond acceptors (Lipinski definition) is 8. The summed E-state index contributed by atoms with van der Waals surface area (Å²) in [5, 5.41) is 21.5. The van der Waals surface area contributed by atoms with Gasteiger partial charge in [-0.15, -0.1) is 0 Å². The quantitative estimate of drug-likeness (QED) is 0.337. The number of carboxylic acid groups (broad SMARTS) is 2. The fraction of sp³-hybridized carbons (Fsp3) is 0.611. The van der Waals surface area contributed by atoms with Crippen LogP contribution in [0.1, 0.15) is 31.4 Å². The first-order valence-electron chi connectivity index (χ1n) is 9.34. The number of carboxylic acids is 2. The molecule has 1 aliphatic heterocycles. The van der Waals surface area contributed by atoms with Crippen LogP contribution in [-0.4, -0.2) is 64.0 Å². The van der Waals surface area contributed by atoms with E-state index < -0.39 is 66.0 Å². The minimum absolute atomic E-state index is 0.0117. The maximum absolute atomic E-state index is 12.5. The number of nitrogens with one attached hydrogen (secondary N) is 2. The molecule has 1 aromatic heterocycles. The molecule has 4 atom stereocenters. The molecule has 1 fully saturated rings. The molecule has 1 aliphatic rings. The number of likely N-dealkylation sites (N-methyl/N-ethyl adjacent to an activating group) is 1. The second-order valence-corrected chi connectivity index (χ2v) is 7.06. The highest BCUT2D eigenvalue weighted by Gasteiger charge is 2.48. The van der Waals surface area contributed by atoms with Crippen LogP contribution >= 0.6 is 0 Å². The lowest BCUT2D eigenvalue weighted by Gasteiger charge is -2.21. The average Bonchev–Trinajstić information content (AvgIpc) is 2.95. The molecule has 2 rings (SSSR count). The largest absolute Gasteiger partial charge is 0.481 e. The van der Waals surface area contributed by atoms with Crippen molar-refractivity contribution < 1.29 is 34.1 Å². The van der Waals surface area contributed by atoms with Crippen molar-refractivity contribution in [2.24, 2.45) is 11.8 Å². The fourth-order valence-electron chi connectivity index (χ4n) is 3.63. The van der Waals surface area contributed by atoms with Crippen LogP contribution in [0.2, 0.25) is 0 Å². The number of esters is 1. The van der Waals surface area contributed by atoms with Crippen molar-refractivity contribution >= 4 is 17.9 Å². The van der Waals surface area contributed by atoms with E-state index in [1.54, 1.807) is 7.05 Å². The van der Waals surface area contributed by atoms with Gasteiger partial charge in [-0.25, -0.2) is 4.79 Å². The Morgan fingerprint density at radius 2 is 1.83 bits per heavy atom. The topological polar surface area (TPSA) is 177 Å². The summed E-state index contributed by atoms with van der Waals surface area (Å²) >= 11 is 0. The molecule has 0 radical (unpaired) electrons. The maximum Gasteiger partial charge on any atom is 0.328 e. The molecule has 1 aromatic rings. The van der Waals surface area contributed by atoms with Crippen LogP contribution in [-0.2, 0) is 30.4 Å². The summed E-state index contributed by atoms with van der Waals surface area (Å²) in [5.41, 5.74) is -1.37. The van der Waals surface area contributed by atoms with Gasteiger partial charge in [-0.2, -0.15) is 0 Å². The smallest absolute Gasteiger partial charge is 0.328 e. The first-order chi connectivity index (χ1) is 14.1. The lowest BCUT2D eigenvalue weighted by atomic mass is 9.81. The van der Waals surface area contributed by atoms with Crippen molar-refractivity contribution in [2.45, 2.75) is 38.5 Å². The standard InChI is InChI=1S/C18H25N3O9/c1-9(22)29-8-13-10(5-14(23)24)11(6-15(25)26)16(30-13)12-7-21(4-3-19-2)18(28)20-17(12)27/h7,10-11,13,16,19H,3-6,8H2,1-2H3,(H,23,24)(H,25,26)(H,20,27,28)/t10-,11+,13+,16+/m1/s1. The summed E-state index contributed by atoms with van der Waals surface area (Å²) in [7, 11) is 1.69. The van der Waals surface area contributed by atoms with Gasteiger partial charge in [-0.05, 0) is 7.05 Å². The number of ether oxygens (including phenoxy) is 2. The summed E-state index contributed by atoms with van der Waals surface area (Å²) < 4.78 is 12.0.